The van der Waals surface area contributed by atoms with Gasteiger partial charge in [0, 0.05) is 12.6 Å². The average Bonchev–Trinajstić information content (AvgIpc) is 2.42. The molecule has 1 amide bonds. The van der Waals surface area contributed by atoms with E-state index in [2.05, 4.69) is 16.6 Å². The summed E-state index contributed by atoms with van der Waals surface area (Å²) < 4.78 is 14.3. The number of nitrogens with zero attached hydrogens (tertiary/aromatic N) is 1. The molecule has 120 valence electrons. The van der Waals surface area contributed by atoms with Gasteiger partial charge in [-0.15, -0.1) is 0 Å². The van der Waals surface area contributed by atoms with Crippen molar-refractivity contribution in [3.05, 3.63) is 12.7 Å². The van der Waals surface area contributed by atoms with Gasteiger partial charge in [-0.05, 0) is 14.1 Å². The van der Waals surface area contributed by atoms with Crippen LogP contribution < -0.4 is 5.32 Å². The molecule has 1 N–H and O–H groups in total. The van der Waals surface area contributed by atoms with Crippen LogP contribution in [0.4, 0.5) is 4.79 Å². The second kappa shape index (κ2) is 11.7. The Bertz CT molecular complexity index is 357. The van der Waals surface area contributed by atoms with E-state index in [0.29, 0.717) is 13.2 Å². The van der Waals surface area contributed by atoms with Crippen molar-refractivity contribution in [2.45, 2.75) is 6.42 Å². The van der Waals surface area contributed by atoms with Crippen molar-refractivity contribution in [1.29, 1.82) is 0 Å². The first-order chi connectivity index (χ1) is 9.95. The lowest BCUT2D eigenvalue weighted by Gasteiger charge is -2.10. The SMILES string of the molecule is C=CC(=O)OCCNC(=O)OCCC(=O)OCCN(C)C. The number of esters is 2. The number of ether oxygens (including phenoxy) is 3. The van der Waals surface area contributed by atoms with E-state index in [0.717, 1.165) is 6.08 Å². The fourth-order valence-electron chi connectivity index (χ4n) is 1.06. The Balaban J connectivity index is 3.50. The van der Waals surface area contributed by atoms with E-state index in [4.69, 9.17) is 9.47 Å². The molecule has 0 aromatic rings. The fraction of sp³-hybridized carbons (Fsp3) is 0.615. The molecule has 0 aliphatic heterocycles. The molecule has 0 rings (SSSR count). The first kappa shape index (κ1) is 18.9. The maximum atomic E-state index is 11.3. The summed E-state index contributed by atoms with van der Waals surface area (Å²) in [7, 11) is 3.74. The van der Waals surface area contributed by atoms with Gasteiger partial charge in [0.15, 0.2) is 0 Å². The van der Waals surface area contributed by atoms with Gasteiger partial charge in [-0.2, -0.15) is 0 Å². The third kappa shape index (κ3) is 12.7. The second-order valence-corrected chi connectivity index (χ2v) is 4.21. The lowest BCUT2D eigenvalue weighted by molar-refractivity contribution is -0.144. The highest BCUT2D eigenvalue weighted by atomic mass is 16.6. The Morgan fingerprint density at radius 2 is 1.81 bits per heavy atom. The minimum Gasteiger partial charge on any atom is -0.464 e. The predicted molar refractivity (Wildman–Crippen MR) is 74.6 cm³/mol. The average molecular weight is 302 g/mol. The van der Waals surface area contributed by atoms with E-state index in [1.165, 1.54) is 0 Å². The number of rotatable bonds is 10. The van der Waals surface area contributed by atoms with Gasteiger partial charge in [0.2, 0.25) is 0 Å². The summed E-state index contributed by atoms with van der Waals surface area (Å²) in [6, 6.07) is 0. The lowest BCUT2D eigenvalue weighted by atomic mass is 10.5. The molecule has 8 heteroatoms. The van der Waals surface area contributed by atoms with Gasteiger partial charge in [-0.25, -0.2) is 9.59 Å². The zero-order valence-corrected chi connectivity index (χ0v) is 12.4. The number of nitrogens with one attached hydrogen (secondary N) is 1. The molecular formula is C13H22N2O6. The number of likely N-dealkylation sites (N-methyl/N-ethyl adjacent to an activating group) is 1. The molecule has 0 saturated heterocycles. The van der Waals surface area contributed by atoms with E-state index in [1.807, 2.05) is 19.0 Å². The number of alkyl carbamates (subject to hydrolysis) is 1. The molecule has 0 aliphatic carbocycles. The van der Waals surface area contributed by atoms with Gasteiger partial charge < -0.3 is 24.4 Å². The van der Waals surface area contributed by atoms with E-state index in [1.54, 1.807) is 0 Å². The molecule has 21 heavy (non-hydrogen) atoms. The van der Waals surface area contributed by atoms with Gasteiger partial charge in [-0.1, -0.05) is 6.58 Å². The summed E-state index contributed by atoms with van der Waals surface area (Å²) in [6.45, 7) is 4.23. The quantitative estimate of drug-likeness (QED) is 0.261. The molecule has 0 bridgehead atoms. The number of amides is 1. The van der Waals surface area contributed by atoms with Gasteiger partial charge in [0.05, 0.1) is 13.0 Å². The molecule has 0 fully saturated rings. The van der Waals surface area contributed by atoms with E-state index in [-0.39, 0.29) is 26.2 Å². The first-order valence-electron chi connectivity index (χ1n) is 6.46. The zero-order valence-electron chi connectivity index (χ0n) is 12.4. The van der Waals surface area contributed by atoms with Crippen LogP contribution in [-0.2, 0) is 23.8 Å². The van der Waals surface area contributed by atoms with Crippen LogP contribution >= 0.6 is 0 Å². The highest BCUT2D eigenvalue weighted by Crippen LogP contribution is 1.90. The largest absolute Gasteiger partial charge is 0.464 e. The summed E-state index contributed by atoms with van der Waals surface area (Å²) in [5.74, 6) is -0.991. The van der Waals surface area contributed by atoms with E-state index in [9.17, 15) is 14.4 Å². The van der Waals surface area contributed by atoms with E-state index < -0.39 is 18.0 Å². The van der Waals surface area contributed by atoms with Crippen molar-refractivity contribution < 1.29 is 28.6 Å². The Morgan fingerprint density at radius 1 is 1.10 bits per heavy atom. The number of carbonyl (C=O) groups is 3. The minimum absolute atomic E-state index is 0.00764. The van der Waals surface area contributed by atoms with Gasteiger partial charge in [-0.3, -0.25) is 4.79 Å². The van der Waals surface area contributed by atoms with Crippen molar-refractivity contribution in [2.75, 3.05) is 47.0 Å². The second-order valence-electron chi connectivity index (χ2n) is 4.21. The molecule has 8 nitrogen and oxygen atoms in total. The molecule has 0 aromatic carbocycles. The van der Waals surface area contributed by atoms with Crippen molar-refractivity contribution in [3.8, 4) is 0 Å². The Hall–Kier alpha value is -2.09. The van der Waals surface area contributed by atoms with Crippen LogP contribution in [0.25, 0.3) is 0 Å². The summed E-state index contributed by atoms with van der Waals surface area (Å²) in [6.07, 6.45) is 0.331. The molecule has 0 radical (unpaired) electrons. The lowest BCUT2D eigenvalue weighted by Crippen LogP contribution is -2.29. The van der Waals surface area contributed by atoms with E-state index >= 15 is 0 Å². The number of carbonyl (C=O) groups excluding carboxylic acids is 3. The summed E-state index contributed by atoms with van der Waals surface area (Å²) in [4.78, 5) is 35.0. The monoisotopic (exact) mass is 302 g/mol. The summed E-state index contributed by atoms with van der Waals surface area (Å²) >= 11 is 0. The highest BCUT2D eigenvalue weighted by Gasteiger charge is 2.06. The minimum atomic E-state index is -0.689. The van der Waals surface area contributed by atoms with Crippen LogP contribution in [0.5, 0.6) is 0 Å². The molecule has 0 aromatic heterocycles. The van der Waals surface area contributed by atoms with Crippen molar-refractivity contribution in [2.24, 2.45) is 0 Å². The molecule has 0 heterocycles. The maximum absolute atomic E-state index is 11.3. The maximum Gasteiger partial charge on any atom is 0.407 e. The Kier molecular flexibility index (Phi) is 10.5. The third-order valence-electron chi connectivity index (χ3n) is 2.12. The normalized spacial score (nSPS) is 9.86. The van der Waals surface area contributed by atoms with Crippen molar-refractivity contribution in [1.82, 2.24) is 10.2 Å². The van der Waals surface area contributed by atoms with Crippen LogP contribution in [0, 0.1) is 0 Å². The number of hydrogen-bond acceptors (Lipinski definition) is 7. The molecule has 0 atom stereocenters. The smallest absolute Gasteiger partial charge is 0.407 e. The topological polar surface area (TPSA) is 94.2 Å². The molecular weight excluding hydrogens is 280 g/mol. The molecule has 0 aliphatic rings. The predicted octanol–water partition coefficient (Wildman–Crippen LogP) is -0.0633. The fourth-order valence-corrected chi connectivity index (χ4v) is 1.06. The summed E-state index contributed by atoms with van der Waals surface area (Å²) in [5.41, 5.74) is 0. The van der Waals surface area contributed by atoms with Crippen LogP contribution in [0.3, 0.4) is 0 Å². The number of hydrogen-bond donors (Lipinski definition) is 1. The third-order valence-corrected chi connectivity index (χ3v) is 2.12. The molecule has 0 saturated carbocycles. The van der Waals surface area contributed by atoms with Crippen LogP contribution in [-0.4, -0.2) is 69.9 Å². The standard InChI is InChI=1S/C13H22N2O6/c1-4-11(16)19-9-6-14-13(18)21-8-5-12(17)20-10-7-15(2)3/h4H,1,5-10H2,2-3H3,(H,14,18). The Morgan fingerprint density at radius 3 is 2.43 bits per heavy atom. The van der Waals surface area contributed by atoms with Crippen LogP contribution in [0.1, 0.15) is 6.42 Å². The van der Waals surface area contributed by atoms with Crippen LogP contribution in [0.15, 0.2) is 12.7 Å². The molecule has 0 unspecified atom stereocenters. The van der Waals surface area contributed by atoms with Crippen LogP contribution in [0.2, 0.25) is 0 Å². The Labute approximate surface area is 124 Å². The van der Waals surface area contributed by atoms with Crippen molar-refractivity contribution in [3.63, 3.8) is 0 Å². The highest BCUT2D eigenvalue weighted by molar-refractivity contribution is 5.81. The molecule has 0 spiro atoms. The van der Waals surface area contributed by atoms with Crippen molar-refractivity contribution >= 4 is 18.0 Å². The van der Waals surface area contributed by atoms with Gasteiger partial charge in [0.25, 0.3) is 0 Å². The van der Waals surface area contributed by atoms with Gasteiger partial charge in [0.1, 0.15) is 19.8 Å². The summed E-state index contributed by atoms with van der Waals surface area (Å²) in [5, 5.41) is 2.36. The van der Waals surface area contributed by atoms with Gasteiger partial charge >= 0.3 is 18.0 Å². The zero-order chi connectivity index (χ0) is 16.1. The first-order valence-corrected chi connectivity index (χ1v) is 6.46.